The largest absolute Gasteiger partial charge is 0.316 e. The van der Waals surface area contributed by atoms with Gasteiger partial charge in [-0.1, -0.05) is 18.2 Å². The summed E-state index contributed by atoms with van der Waals surface area (Å²) in [5.74, 6) is -0.445. The first-order valence-corrected chi connectivity index (χ1v) is 7.94. The van der Waals surface area contributed by atoms with Crippen LogP contribution in [0.2, 0.25) is 0 Å². The van der Waals surface area contributed by atoms with Gasteiger partial charge in [-0.3, -0.25) is 4.72 Å². The molecule has 21 heavy (non-hydrogen) atoms. The predicted octanol–water partition coefficient (Wildman–Crippen LogP) is 2.65. The van der Waals surface area contributed by atoms with E-state index in [2.05, 4.69) is 10.0 Å². The van der Waals surface area contributed by atoms with Crippen LogP contribution in [0.1, 0.15) is 11.1 Å². The molecule has 0 saturated carbocycles. The molecule has 0 fully saturated rings. The Hall–Kier alpha value is -1.92. The maximum absolute atomic E-state index is 13.5. The van der Waals surface area contributed by atoms with Gasteiger partial charge in [0.05, 0.1) is 10.6 Å². The second-order valence-corrected chi connectivity index (χ2v) is 6.37. The highest BCUT2D eigenvalue weighted by Crippen LogP contribution is 2.21. The van der Waals surface area contributed by atoms with Gasteiger partial charge in [-0.2, -0.15) is 0 Å². The van der Waals surface area contributed by atoms with Crippen LogP contribution in [0.25, 0.3) is 0 Å². The average Bonchev–Trinajstić information content (AvgIpc) is 2.45. The van der Waals surface area contributed by atoms with Crippen molar-refractivity contribution >= 4 is 15.7 Å². The van der Waals surface area contributed by atoms with Gasteiger partial charge in [0.25, 0.3) is 10.0 Å². The second-order valence-electron chi connectivity index (χ2n) is 4.69. The van der Waals surface area contributed by atoms with E-state index in [1.165, 1.54) is 37.3 Å². The minimum Gasteiger partial charge on any atom is -0.316 e. The van der Waals surface area contributed by atoms with Crippen molar-refractivity contribution in [1.29, 1.82) is 0 Å². The van der Waals surface area contributed by atoms with Gasteiger partial charge in [0.2, 0.25) is 0 Å². The fourth-order valence-electron chi connectivity index (χ4n) is 1.91. The molecule has 0 amide bonds. The highest BCUT2D eigenvalue weighted by atomic mass is 32.2. The normalized spacial score (nSPS) is 11.4. The number of rotatable bonds is 5. The van der Waals surface area contributed by atoms with Crippen LogP contribution in [0.15, 0.2) is 47.4 Å². The maximum atomic E-state index is 13.5. The van der Waals surface area contributed by atoms with E-state index in [0.717, 1.165) is 5.56 Å². The summed E-state index contributed by atoms with van der Waals surface area (Å²) < 4.78 is 40.4. The Bertz CT molecular complexity index is 728. The third-order valence-electron chi connectivity index (χ3n) is 3.13. The van der Waals surface area contributed by atoms with Crippen molar-refractivity contribution in [1.82, 2.24) is 5.32 Å². The van der Waals surface area contributed by atoms with Crippen molar-refractivity contribution in [2.75, 3.05) is 11.8 Å². The molecule has 2 aromatic carbocycles. The number of hydrogen-bond acceptors (Lipinski definition) is 3. The van der Waals surface area contributed by atoms with Crippen LogP contribution in [0.4, 0.5) is 10.1 Å². The molecule has 0 spiro atoms. The fourth-order valence-corrected chi connectivity index (χ4v) is 3.04. The highest BCUT2D eigenvalue weighted by Gasteiger charge is 2.16. The van der Waals surface area contributed by atoms with Crippen LogP contribution in [0, 0.1) is 12.7 Å². The molecule has 2 aromatic rings. The number of sulfonamides is 1. The van der Waals surface area contributed by atoms with Crippen LogP contribution >= 0.6 is 0 Å². The van der Waals surface area contributed by atoms with E-state index < -0.39 is 15.8 Å². The molecule has 0 radical (unpaired) electrons. The van der Waals surface area contributed by atoms with E-state index in [-0.39, 0.29) is 16.1 Å². The molecule has 4 nitrogen and oxygen atoms in total. The molecule has 2 rings (SSSR count). The molecule has 6 heteroatoms. The SMILES string of the molecule is CNCc1ccc(S(=O)(=O)Nc2cccc(F)c2C)cc1. The van der Waals surface area contributed by atoms with Crippen molar-refractivity contribution < 1.29 is 12.8 Å². The molecule has 0 unspecified atom stereocenters. The van der Waals surface area contributed by atoms with E-state index >= 15 is 0 Å². The number of nitrogens with one attached hydrogen (secondary N) is 2. The Morgan fingerprint density at radius 2 is 1.76 bits per heavy atom. The fraction of sp³-hybridized carbons (Fsp3) is 0.200. The molecular weight excluding hydrogens is 291 g/mol. The van der Waals surface area contributed by atoms with Crippen molar-refractivity contribution in [2.24, 2.45) is 0 Å². The lowest BCUT2D eigenvalue weighted by Crippen LogP contribution is -2.14. The number of hydrogen-bond donors (Lipinski definition) is 2. The average molecular weight is 308 g/mol. The summed E-state index contributed by atoms with van der Waals surface area (Å²) in [7, 11) is -1.90. The summed E-state index contributed by atoms with van der Waals surface area (Å²) in [6.45, 7) is 2.19. The maximum Gasteiger partial charge on any atom is 0.261 e. The summed E-state index contributed by atoms with van der Waals surface area (Å²) in [6.07, 6.45) is 0. The molecule has 0 aliphatic carbocycles. The van der Waals surface area contributed by atoms with Crippen LogP contribution in [0.3, 0.4) is 0 Å². The number of benzene rings is 2. The van der Waals surface area contributed by atoms with Crippen LogP contribution < -0.4 is 10.0 Å². The van der Waals surface area contributed by atoms with E-state index in [1.54, 1.807) is 12.1 Å². The molecule has 0 heterocycles. The third-order valence-corrected chi connectivity index (χ3v) is 4.51. The predicted molar refractivity (Wildman–Crippen MR) is 81.2 cm³/mol. The van der Waals surface area contributed by atoms with Crippen molar-refractivity contribution in [3.63, 3.8) is 0 Å². The lowest BCUT2D eigenvalue weighted by atomic mass is 10.2. The number of halogens is 1. The van der Waals surface area contributed by atoms with Crippen LogP contribution in [0.5, 0.6) is 0 Å². The zero-order valence-corrected chi connectivity index (χ0v) is 12.7. The van der Waals surface area contributed by atoms with Gasteiger partial charge in [-0.05, 0) is 43.8 Å². The van der Waals surface area contributed by atoms with Crippen LogP contribution in [-0.2, 0) is 16.6 Å². The van der Waals surface area contributed by atoms with E-state index in [1.807, 2.05) is 7.05 Å². The van der Waals surface area contributed by atoms with Crippen molar-refractivity contribution in [3.8, 4) is 0 Å². The first-order chi connectivity index (χ1) is 9.94. The van der Waals surface area contributed by atoms with Gasteiger partial charge in [-0.25, -0.2) is 12.8 Å². The summed E-state index contributed by atoms with van der Waals surface area (Å²) in [6, 6.07) is 10.8. The Morgan fingerprint density at radius 3 is 2.38 bits per heavy atom. The highest BCUT2D eigenvalue weighted by molar-refractivity contribution is 7.92. The Labute approximate surface area is 124 Å². The minimum absolute atomic E-state index is 0.144. The first kappa shape index (κ1) is 15.5. The van der Waals surface area contributed by atoms with E-state index in [0.29, 0.717) is 6.54 Å². The molecule has 0 atom stereocenters. The van der Waals surface area contributed by atoms with Gasteiger partial charge < -0.3 is 5.32 Å². The quantitative estimate of drug-likeness (QED) is 0.893. The molecule has 0 aromatic heterocycles. The van der Waals surface area contributed by atoms with Gasteiger partial charge >= 0.3 is 0 Å². The van der Waals surface area contributed by atoms with Gasteiger partial charge in [0, 0.05) is 12.1 Å². The second kappa shape index (κ2) is 6.24. The van der Waals surface area contributed by atoms with E-state index in [9.17, 15) is 12.8 Å². The van der Waals surface area contributed by atoms with Gasteiger partial charge in [0.1, 0.15) is 5.82 Å². The van der Waals surface area contributed by atoms with Gasteiger partial charge in [0.15, 0.2) is 0 Å². The molecule has 112 valence electrons. The topological polar surface area (TPSA) is 58.2 Å². The molecule has 2 N–H and O–H groups in total. The zero-order chi connectivity index (χ0) is 15.5. The molecular formula is C15H17FN2O2S. The lowest BCUT2D eigenvalue weighted by Gasteiger charge is -2.11. The molecule has 0 aliphatic heterocycles. The van der Waals surface area contributed by atoms with Gasteiger partial charge in [-0.15, -0.1) is 0 Å². The Morgan fingerprint density at radius 1 is 1.10 bits per heavy atom. The standard InChI is InChI=1S/C15H17FN2O2S/c1-11-14(16)4-3-5-15(11)18-21(19,20)13-8-6-12(7-9-13)10-17-2/h3-9,17-18H,10H2,1-2H3. The summed E-state index contributed by atoms with van der Waals surface area (Å²) >= 11 is 0. The van der Waals surface area contributed by atoms with E-state index in [4.69, 9.17) is 0 Å². The Balaban J connectivity index is 2.27. The van der Waals surface area contributed by atoms with Crippen LogP contribution in [-0.4, -0.2) is 15.5 Å². The Kier molecular flexibility index (Phi) is 4.59. The van der Waals surface area contributed by atoms with Crippen molar-refractivity contribution in [2.45, 2.75) is 18.4 Å². The van der Waals surface area contributed by atoms with Crippen molar-refractivity contribution in [3.05, 3.63) is 59.4 Å². The number of anilines is 1. The first-order valence-electron chi connectivity index (χ1n) is 6.45. The summed E-state index contributed by atoms with van der Waals surface area (Å²) in [5.41, 5.74) is 1.50. The lowest BCUT2D eigenvalue weighted by molar-refractivity contribution is 0.600. The smallest absolute Gasteiger partial charge is 0.261 e. The molecule has 0 bridgehead atoms. The summed E-state index contributed by atoms with van der Waals surface area (Å²) in [5, 5.41) is 2.99. The molecule has 0 saturated heterocycles. The minimum atomic E-state index is -3.72. The molecule has 0 aliphatic rings. The monoisotopic (exact) mass is 308 g/mol. The zero-order valence-electron chi connectivity index (χ0n) is 11.9. The third kappa shape index (κ3) is 3.59. The summed E-state index contributed by atoms with van der Waals surface area (Å²) in [4.78, 5) is 0.144.